The summed E-state index contributed by atoms with van der Waals surface area (Å²) in [4.78, 5) is 8.00. The van der Waals surface area contributed by atoms with E-state index in [4.69, 9.17) is 50.5 Å². The number of benzene rings is 2. The number of nitrogens with zero attached hydrogens (tertiary/aromatic N) is 10. The predicted molar refractivity (Wildman–Crippen MR) is 254 cm³/mol. The first-order valence-electron chi connectivity index (χ1n) is 21.4. The number of pyridine rings is 2. The minimum Gasteiger partial charge on any atom is -0.475 e. The van der Waals surface area contributed by atoms with E-state index in [1.165, 1.54) is 12.3 Å². The van der Waals surface area contributed by atoms with Crippen LogP contribution in [-0.4, -0.2) is 119 Å². The third-order valence-electron chi connectivity index (χ3n) is 10.2. The number of rotatable bonds is 18. The molecule has 0 spiro atoms. The van der Waals surface area contributed by atoms with Crippen molar-refractivity contribution in [3.63, 3.8) is 0 Å². The number of anilines is 2. The van der Waals surface area contributed by atoms with Crippen LogP contribution in [0.4, 0.5) is 16.0 Å². The lowest BCUT2D eigenvalue weighted by Crippen LogP contribution is -2.08. The van der Waals surface area contributed by atoms with Crippen LogP contribution in [0.15, 0.2) is 122 Å². The molecule has 2 aromatic carbocycles. The highest BCUT2D eigenvalue weighted by atomic mass is 19.1. The Morgan fingerprint density at radius 1 is 0.565 bits per heavy atom. The van der Waals surface area contributed by atoms with Crippen molar-refractivity contribution in [1.29, 1.82) is 0 Å². The molecule has 7 N–H and O–H groups in total. The van der Waals surface area contributed by atoms with Crippen molar-refractivity contribution >= 4 is 11.6 Å². The lowest BCUT2D eigenvalue weighted by Gasteiger charge is -2.13. The van der Waals surface area contributed by atoms with Crippen LogP contribution in [0.3, 0.4) is 0 Å². The van der Waals surface area contributed by atoms with Crippen LogP contribution in [0.1, 0.15) is 37.1 Å². The van der Waals surface area contributed by atoms with Crippen LogP contribution in [0, 0.1) is 5.95 Å². The van der Waals surface area contributed by atoms with Crippen molar-refractivity contribution in [1.82, 2.24) is 49.9 Å². The normalized spacial score (nSPS) is 11.7. The minimum atomic E-state index is -0.518. The molecule has 0 saturated carbocycles. The van der Waals surface area contributed by atoms with E-state index in [1.54, 1.807) is 49.6 Å². The molecule has 0 bridgehead atoms. The molecule has 6 aromatic heterocycles. The first-order valence-corrected chi connectivity index (χ1v) is 21.4. The van der Waals surface area contributed by atoms with E-state index >= 15 is 0 Å². The number of hydrogen-bond acceptors (Lipinski definition) is 18. The number of nitrogen functional groups attached to an aromatic ring is 2. The average Bonchev–Trinajstić information content (AvgIpc) is 4.09. The van der Waals surface area contributed by atoms with Gasteiger partial charge in [-0.2, -0.15) is 14.6 Å². The first-order chi connectivity index (χ1) is 33.6. The van der Waals surface area contributed by atoms with Crippen LogP contribution in [-0.2, 0) is 9.47 Å². The summed E-state index contributed by atoms with van der Waals surface area (Å²) in [5.41, 5.74) is 19.9. The summed E-state index contributed by atoms with van der Waals surface area (Å²) in [6, 6.07) is 25.2. The van der Waals surface area contributed by atoms with Gasteiger partial charge in [-0.3, -0.25) is 9.36 Å². The fourth-order valence-electron chi connectivity index (χ4n) is 6.57. The Kier molecular flexibility index (Phi) is 18.5. The molecule has 20 nitrogen and oxygen atoms in total. The van der Waals surface area contributed by atoms with Gasteiger partial charge in [-0.1, -0.05) is 30.3 Å². The topological polar surface area (TPSA) is 272 Å². The fourth-order valence-corrected chi connectivity index (χ4v) is 6.57. The highest BCUT2D eigenvalue weighted by Gasteiger charge is 2.18. The molecule has 69 heavy (non-hydrogen) atoms. The molecule has 2 atom stereocenters. The molecule has 8 rings (SSSR count). The average molecular weight is 945 g/mol. The second-order valence-electron chi connectivity index (χ2n) is 14.8. The zero-order chi connectivity index (χ0) is 49.1. The van der Waals surface area contributed by atoms with Gasteiger partial charge < -0.3 is 50.5 Å². The van der Waals surface area contributed by atoms with Crippen molar-refractivity contribution in [3.05, 3.63) is 139 Å². The van der Waals surface area contributed by atoms with Crippen LogP contribution in [0.25, 0.3) is 44.8 Å². The van der Waals surface area contributed by atoms with Crippen LogP contribution < -0.4 is 25.7 Å². The van der Waals surface area contributed by atoms with Gasteiger partial charge in [-0.05, 0) is 73.5 Å². The summed E-state index contributed by atoms with van der Waals surface area (Å²) in [6.07, 6.45) is 10.4. The second kappa shape index (κ2) is 25.3. The van der Waals surface area contributed by atoms with Gasteiger partial charge in [0.05, 0.1) is 55.7 Å². The molecule has 0 aliphatic rings. The van der Waals surface area contributed by atoms with Crippen molar-refractivity contribution in [2.75, 3.05) is 65.7 Å². The number of para-hydroxylation sites is 2. The summed E-state index contributed by atoms with van der Waals surface area (Å²) in [5.74, 6) is 1.80. The first kappa shape index (κ1) is 50.5. The molecule has 2 unspecified atom stereocenters. The Balaban J connectivity index is 0.000000211. The zero-order valence-corrected chi connectivity index (χ0v) is 38.3. The maximum absolute atomic E-state index is 13.1. The third kappa shape index (κ3) is 13.4. The van der Waals surface area contributed by atoms with E-state index in [2.05, 4.69) is 40.6 Å². The molecule has 8 aromatic rings. The van der Waals surface area contributed by atoms with E-state index < -0.39 is 5.95 Å². The van der Waals surface area contributed by atoms with Gasteiger partial charge in [-0.15, -0.1) is 20.4 Å². The number of methoxy groups -OCH3 is 2. The fraction of sp³-hybridized carbons (Fsp3) is 0.250. The number of hydrogen-bond donors (Lipinski definition) is 5. The number of aromatic nitrogens is 10. The second-order valence-corrected chi connectivity index (χ2v) is 14.8. The lowest BCUT2D eigenvalue weighted by molar-refractivity contribution is 0.0513. The number of nitrogens with two attached hydrogens (primary N) is 2. The van der Waals surface area contributed by atoms with Gasteiger partial charge in [0.15, 0.2) is 25.2 Å². The Morgan fingerprint density at radius 3 is 1.46 bits per heavy atom. The molecule has 0 saturated heterocycles. The largest absolute Gasteiger partial charge is 0.475 e. The molecular weight excluding hydrogens is 892 g/mol. The number of ether oxygens (including phenoxy) is 5. The predicted octanol–water partition coefficient (Wildman–Crippen LogP) is 5.63. The zero-order valence-electron chi connectivity index (χ0n) is 38.3. The Morgan fingerprint density at radius 2 is 1.04 bits per heavy atom. The van der Waals surface area contributed by atoms with E-state index in [1.807, 2.05) is 97.7 Å². The quantitative estimate of drug-likeness (QED) is 0.0515. The SMILES string of the molecule is COCOc1ccccc1-c1cc(-c2cnn(C(C)c3ccc(F)nc3)c2)c(N)nn1.COCOc1ccccc1-c1cc(-c2cnn(C(C)c3ccc(OCCO)nc3)c2)c(N)nn1.OCCO. The van der Waals surface area contributed by atoms with E-state index in [-0.39, 0.29) is 57.9 Å². The maximum atomic E-state index is 13.1. The maximum Gasteiger partial charge on any atom is 0.213 e. The van der Waals surface area contributed by atoms with E-state index in [0.29, 0.717) is 40.1 Å². The lowest BCUT2D eigenvalue weighted by atomic mass is 10.1. The highest BCUT2D eigenvalue weighted by Crippen LogP contribution is 2.35. The molecule has 360 valence electrons. The van der Waals surface area contributed by atoms with E-state index in [9.17, 15) is 4.39 Å². The van der Waals surface area contributed by atoms with Gasteiger partial charge in [0.25, 0.3) is 0 Å². The summed E-state index contributed by atoms with van der Waals surface area (Å²) in [6.45, 7) is 4.11. The Bertz CT molecular complexity index is 2830. The summed E-state index contributed by atoms with van der Waals surface area (Å²) in [7, 11) is 3.13. The van der Waals surface area contributed by atoms with Crippen LogP contribution in [0.5, 0.6) is 17.4 Å². The van der Waals surface area contributed by atoms with Gasteiger partial charge in [-0.25, -0.2) is 9.97 Å². The number of aliphatic hydroxyl groups excluding tert-OH is 3. The van der Waals surface area contributed by atoms with Crippen molar-refractivity contribution in [2.45, 2.75) is 25.9 Å². The minimum absolute atomic E-state index is 0.0592. The summed E-state index contributed by atoms with van der Waals surface area (Å²) in [5, 5.41) is 49.9. The number of aliphatic hydroxyl groups is 3. The molecule has 0 aliphatic carbocycles. The molecule has 6 heterocycles. The molecular formula is C48H53FN12O8. The molecule has 0 aliphatic heterocycles. The van der Waals surface area contributed by atoms with Crippen LogP contribution in [0.2, 0.25) is 0 Å². The van der Waals surface area contributed by atoms with Gasteiger partial charge in [0, 0.05) is 78.5 Å². The van der Waals surface area contributed by atoms with Gasteiger partial charge in [0.1, 0.15) is 18.1 Å². The van der Waals surface area contributed by atoms with Crippen molar-refractivity contribution < 1.29 is 43.4 Å². The summed E-state index contributed by atoms with van der Waals surface area (Å²) < 4.78 is 43.4. The molecule has 0 radical (unpaired) electrons. The molecule has 0 amide bonds. The highest BCUT2D eigenvalue weighted by molar-refractivity contribution is 5.79. The Hall–Kier alpha value is -7.95. The molecule has 0 fully saturated rings. The third-order valence-corrected chi connectivity index (χ3v) is 10.2. The van der Waals surface area contributed by atoms with Crippen LogP contribution >= 0.6 is 0 Å². The monoisotopic (exact) mass is 944 g/mol. The van der Waals surface area contributed by atoms with E-state index in [0.717, 1.165) is 38.9 Å². The van der Waals surface area contributed by atoms with Gasteiger partial charge in [0.2, 0.25) is 11.8 Å². The standard InChI is InChI=1S/C24H26N6O4.C22H21FN6O2.C2H6O2/c1-16(17-7-8-23(26-12-17)33-10-9-31)30-14-18(13-27-30)20-11-21(28-29-24(20)25)19-5-3-4-6-22(19)34-15-32-2;1-14(15-7-8-21(23)25-10-15)29-12-16(11-26-29)18-9-19(27-28-22(18)24)17-5-3-4-6-20(17)31-13-30-2;3-1-2-4/h3-8,11-14,16,31H,9-10,15H2,1-2H3,(H2,25,29);3-12,14H,13H2,1-2H3,(H2,24,28);3-4H,1-2H2. The molecule has 21 heteroatoms. The van der Waals surface area contributed by atoms with Crippen molar-refractivity contribution in [3.8, 4) is 62.1 Å². The Labute approximate surface area is 396 Å². The summed E-state index contributed by atoms with van der Waals surface area (Å²) >= 11 is 0. The smallest absolute Gasteiger partial charge is 0.213 e. The number of halogens is 1. The van der Waals surface area contributed by atoms with Crippen molar-refractivity contribution in [2.24, 2.45) is 0 Å². The van der Waals surface area contributed by atoms with Gasteiger partial charge >= 0.3 is 0 Å².